The number of aliphatic imine (C=N–C) groups is 1. The Hall–Kier alpha value is -3.02. The number of rotatable bonds is 8. The molecule has 0 heterocycles. The molecular weight excluding hydrogens is 376 g/mol. The van der Waals surface area contributed by atoms with Gasteiger partial charge in [0, 0.05) is 45.4 Å². The molecule has 0 aliphatic heterocycles. The maximum Gasteiger partial charge on any atom is 0.253 e. The average Bonchev–Trinajstić information content (AvgIpc) is 2.73. The SMILES string of the molecule is CN=C(NCCc1cccc(C(=O)N(C)C)c1)NCc1ccccc1OC1CCC1. The summed E-state index contributed by atoms with van der Waals surface area (Å²) >= 11 is 0. The van der Waals surface area contributed by atoms with Crippen molar-refractivity contribution in [3.63, 3.8) is 0 Å². The number of hydrogen-bond acceptors (Lipinski definition) is 3. The molecule has 2 aromatic carbocycles. The van der Waals surface area contributed by atoms with E-state index in [1.165, 1.54) is 6.42 Å². The van der Waals surface area contributed by atoms with E-state index in [4.69, 9.17) is 4.74 Å². The second-order valence-electron chi connectivity index (χ2n) is 7.78. The summed E-state index contributed by atoms with van der Waals surface area (Å²) in [6.07, 6.45) is 4.71. The van der Waals surface area contributed by atoms with Crippen LogP contribution in [-0.4, -0.2) is 50.6 Å². The molecule has 0 atom stereocenters. The predicted octanol–water partition coefficient (Wildman–Crippen LogP) is 3.23. The summed E-state index contributed by atoms with van der Waals surface area (Å²) in [5.74, 6) is 1.71. The highest BCUT2D eigenvalue weighted by atomic mass is 16.5. The molecule has 0 spiro atoms. The maximum absolute atomic E-state index is 12.1. The normalized spacial score (nSPS) is 14.0. The van der Waals surface area contributed by atoms with Crippen molar-refractivity contribution in [2.75, 3.05) is 27.7 Å². The molecule has 3 rings (SSSR count). The lowest BCUT2D eigenvalue weighted by atomic mass is 9.96. The molecule has 6 nitrogen and oxygen atoms in total. The van der Waals surface area contributed by atoms with Gasteiger partial charge in [0.1, 0.15) is 5.75 Å². The number of nitrogens with one attached hydrogen (secondary N) is 2. The van der Waals surface area contributed by atoms with E-state index in [2.05, 4.69) is 21.7 Å². The molecule has 0 radical (unpaired) electrons. The first-order valence-electron chi connectivity index (χ1n) is 10.6. The highest BCUT2D eigenvalue weighted by molar-refractivity contribution is 5.94. The predicted molar refractivity (Wildman–Crippen MR) is 121 cm³/mol. The molecule has 1 saturated carbocycles. The Labute approximate surface area is 179 Å². The van der Waals surface area contributed by atoms with Crippen LogP contribution >= 0.6 is 0 Å². The van der Waals surface area contributed by atoms with E-state index in [0.29, 0.717) is 18.2 Å². The van der Waals surface area contributed by atoms with Gasteiger partial charge in [-0.15, -0.1) is 0 Å². The molecule has 0 bridgehead atoms. The minimum absolute atomic E-state index is 0.0186. The Morgan fingerprint density at radius 1 is 1.13 bits per heavy atom. The number of hydrogen-bond donors (Lipinski definition) is 2. The zero-order valence-corrected chi connectivity index (χ0v) is 18.1. The van der Waals surface area contributed by atoms with Gasteiger partial charge in [0.25, 0.3) is 5.91 Å². The summed E-state index contributed by atoms with van der Waals surface area (Å²) in [6.45, 7) is 1.37. The Balaban J connectivity index is 1.49. The molecule has 1 fully saturated rings. The van der Waals surface area contributed by atoms with Crippen molar-refractivity contribution >= 4 is 11.9 Å². The molecule has 2 N–H and O–H groups in total. The molecule has 160 valence electrons. The van der Waals surface area contributed by atoms with Gasteiger partial charge in [0.2, 0.25) is 0 Å². The van der Waals surface area contributed by atoms with Gasteiger partial charge in [-0.1, -0.05) is 30.3 Å². The molecule has 2 aromatic rings. The Kier molecular flexibility index (Phi) is 7.71. The monoisotopic (exact) mass is 408 g/mol. The molecule has 0 saturated heterocycles. The first-order valence-corrected chi connectivity index (χ1v) is 10.6. The number of nitrogens with zero attached hydrogens (tertiary/aromatic N) is 2. The summed E-state index contributed by atoms with van der Waals surface area (Å²) in [4.78, 5) is 18.0. The number of carbonyl (C=O) groups is 1. The van der Waals surface area contributed by atoms with Crippen molar-refractivity contribution in [2.45, 2.75) is 38.3 Å². The summed E-state index contributed by atoms with van der Waals surface area (Å²) < 4.78 is 6.10. The number of para-hydroxylation sites is 1. The zero-order valence-electron chi connectivity index (χ0n) is 18.1. The van der Waals surface area contributed by atoms with Crippen molar-refractivity contribution in [3.05, 3.63) is 65.2 Å². The highest BCUT2D eigenvalue weighted by Gasteiger charge is 2.20. The van der Waals surface area contributed by atoms with Crippen molar-refractivity contribution in [1.82, 2.24) is 15.5 Å². The smallest absolute Gasteiger partial charge is 0.253 e. The Bertz CT molecular complexity index is 875. The number of benzene rings is 2. The maximum atomic E-state index is 12.1. The van der Waals surface area contributed by atoms with E-state index < -0.39 is 0 Å². The van der Waals surface area contributed by atoms with Crippen molar-refractivity contribution in [2.24, 2.45) is 4.99 Å². The molecule has 0 unspecified atom stereocenters. The number of amides is 1. The van der Waals surface area contributed by atoms with Crippen LogP contribution in [-0.2, 0) is 13.0 Å². The Morgan fingerprint density at radius 2 is 1.93 bits per heavy atom. The van der Waals surface area contributed by atoms with Gasteiger partial charge < -0.3 is 20.3 Å². The van der Waals surface area contributed by atoms with Gasteiger partial charge in [0.05, 0.1) is 6.10 Å². The van der Waals surface area contributed by atoms with Gasteiger partial charge in [-0.2, -0.15) is 0 Å². The van der Waals surface area contributed by atoms with Crippen LogP contribution < -0.4 is 15.4 Å². The van der Waals surface area contributed by atoms with Crippen molar-refractivity contribution < 1.29 is 9.53 Å². The fourth-order valence-corrected chi connectivity index (χ4v) is 3.28. The fraction of sp³-hybridized carbons (Fsp3) is 0.417. The summed E-state index contributed by atoms with van der Waals surface area (Å²) in [5.41, 5.74) is 2.95. The minimum atomic E-state index is 0.0186. The van der Waals surface area contributed by atoms with Crippen molar-refractivity contribution in [1.29, 1.82) is 0 Å². The third-order valence-electron chi connectivity index (χ3n) is 5.27. The van der Waals surface area contributed by atoms with Crippen LogP contribution in [0.2, 0.25) is 0 Å². The fourth-order valence-electron chi connectivity index (χ4n) is 3.28. The number of ether oxygens (including phenoxy) is 1. The summed E-state index contributed by atoms with van der Waals surface area (Å²) in [7, 11) is 5.30. The van der Waals surface area contributed by atoms with Crippen LogP contribution in [0.1, 0.15) is 40.7 Å². The zero-order chi connectivity index (χ0) is 21.3. The minimum Gasteiger partial charge on any atom is -0.490 e. The van der Waals surface area contributed by atoms with Crippen molar-refractivity contribution in [3.8, 4) is 5.75 Å². The molecule has 1 amide bonds. The van der Waals surface area contributed by atoms with Gasteiger partial charge in [0.15, 0.2) is 5.96 Å². The van der Waals surface area contributed by atoms with Crippen LogP contribution in [0.5, 0.6) is 5.75 Å². The quantitative estimate of drug-likeness (QED) is 0.520. The van der Waals surface area contributed by atoms with Gasteiger partial charge in [-0.05, 0) is 49.4 Å². The lowest BCUT2D eigenvalue weighted by molar-refractivity contribution is 0.0827. The molecule has 1 aliphatic carbocycles. The first-order chi connectivity index (χ1) is 14.6. The van der Waals surface area contributed by atoms with E-state index >= 15 is 0 Å². The standard InChI is InChI=1S/C24H32N4O2/c1-25-24(26-15-14-18-8-6-10-19(16-18)23(29)28(2)3)27-17-20-9-4-5-13-22(20)30-21-11-7-12-21/h4-6,8-10,13,16,21H,7,11-12,14-15,17H2,1-3H3,(H2,25,26,27). The first kappa shape index (κ1) is 21.7. The van der Waals surface area contributed by atoms with E-state index in [1.54, 1.807) is 26.0 Å². The van der Waals surface area contributed by atoms with E-state index in [1.807, 2.05) is 42.5 Å². The second kappa shape index (κ2) is 10.7. The third-order valence-corrected chi connectivity index (χ3v) is 5.27. The summed E-state index contributed by atoms with van der Waals surface area (Å²) in [5, 5.41) is 6.71. The molecule has 0 aromatic heterocycles. The van der Waals surface area contributed by atoms with E-state index in [0.717, 1.165) is 48.6 Å². The topological polar surface area (TPSA) is 66.0 Å². The second-order valence-corrected chi connectivity index (χ2v) is 7.78. The number of guanidine groups is 1. The van der Waals surface area contributed by atoms with Gasteiger partial charge in [-0.3, -0.25) is 9.79 Å². The third kappa shape index (κ3) is 5.99. The highest BCUT2D eigenvalue weighted by Crippen LogP contribution is 2.27. The molecule has 1 aliphatic rings. The van der Waals surface area contributed by atoms with Gasteiger partial charge >= 0.3 is 0 Å². The lowest BCUT2D eigenvalue weighted by Gasteiger charge is -2.27. The average molecular weight is 409 g/mol. The largest absolute Gasteiger partial charge is 0.490 e. The summed E-state index contributed by atoms with van der Waals surface area (Å²) in [6, 6.07) is 15.9. The Morgan fingerprint density at radius 3 is 2.63 bits per heavy atom. The van der Waals surface area contributed by atoms with Crippen LogP contribution in [0.25, 0.3) is 0 Å². The van der Waals surface area contributed by atoms with Crippen LogP contribution in [0.15, 0.2) is 53.5 Å². The number of carbonyl (C=O) groups excluding carboxylic acids is 1. The van der Waals surface area contributed by atoms with E-state index in [-0.39, 0.29) is 5.91 Å². The molecule has 30 heavy (non-hydrogen) atoms. The molecular formula is C24H32N4O2. The molecule has 6 heteroatoms. The van der Waals surface area contributed by atoms with Gasteiger partial charge in [-0.25, -0.2) is 0 Å². The van der Waals surface area contributed by atoms with Crippen LogP contribution in [0.4, 0.5) is 0 Å². The van der Waals surface area contributed by atoms with Crippen LogP contribution in [0.3, 0.4) is 0 Å². The lowest BCUT2D eigenvalue weighted by Crippen LogP contribution is -2.38. The van der Waals surface area contributed by atoms with Crippen LogP contribution in [0, 0.1) is 0 Å². The van der Waals surface area contributed by atoms with E-state index in [9.17, 15) is 4.79 Å².